The molecule has 1 aliphatic heterocycles. The van der Waals surface area contributed by atoms with Crippen molar-refractivity contribution in [2.75, 3.05) is 13.2 Å². The molecule has 0 saturated carbocycles. The van der Waals surface area contributed by atoms with Gasteiger partial charge in [-0.1, -0.05) is 0 Å². The van der Waals surface area contributed by atoms with Gasteiger partial charge in [0.15, 0.2) is 0 Å². The molecule has 1 N–H and O–H groups in total. The fourth-order valence-electron chi connectivity index (χ4n) is 2.94. The monoisotopic (exact) mass is 306 g/mol. The van der Waals surface area contributed by atoms with Gasteiger partial charge in [0.2, 0.25) is 0 Å². The summed E-state index contributed by atoms with van der Waals surface area (Å²) in [4.78, 5) is 5.81. The molecule has 1 saturated heterocycles. The van der Waals surface area contributed by atoms with E-state index >= 15 is 0 Å². The Hall–Kier alpha value is -1.24. The first-order chi connectivity index (χ1) is 10.1. The smallest absolute Gasteiger partial charge is 0.103 e. The maximum atomic E-state index is 5.91. The topological polar surface area (TPSA) is 52.0 Å². The number of aromatic nitrogens is 3. The number of ether oxygens (including phenoxy) is 1. The lowest BCUT2D eigenvalue weighted by Crippen LogP contribution is -2.25. The summed E-state index contributed by atoms with van der Waals surface area (Å²) in [6.45, 7) is 6.83. The van der Waals surface area contributed by atoms with E-state index in [2.05, 4.69) is 35.3 Å². The first kappa shape index (κ1) is 14.7. The Morgan fingerprint density at radius 1 is 1.48 bits per heavy atom. The molecule has 5 nitrogen and oxygen atoms in total. The second-order valence-electron chi connectivity index (χ2n) is 5.59. The van der Waals surface area contributed by atoms with Crippen molar-refractivity contribution in [3.05, 3.63) is 33.5 Å². The highest BCUT2D eigenvalue weighted by Gasteiger charge is 2.31. The predicted molar refractivity (Wildman–Crippen MR) is 83.3 cm³/mol. The lowest BCUT2D eigenvalue weighted by molar-refractivity contribution is 0.0838. The fourth-order valence-corrected chi connectivity index (χ4v) is 3.85. The van der Waals surface area contributed by atoms with Gasteiger partial charge >= 0.3 is 0 Å². The van der Waals surface area contributed by atoms with Gasteiger partial charge in [-0.2, -0.15) is 5.10 Å². The van der Waals surface area contributed by atoms with Crippen molar-refractivity contribution < 1.29 is 4.74 Å². The molecular weight excluding hydrogens is 284 g/mol. The van der Waals surface area contributed by atoms with Crippen molar-refractivity contribution in [2.24, 2.45) is 13.0 Å². The van der Waals surface area contributed by atoms with Gasteiger partial charge in [-0.15, -0.1) is 11.3 Å². The van der Waals surface area contributed by atoms with E-state index in [4.69, 9.17) is 4.74 Å². The maximum Gasteiger partial charge on any atom is 0.103 e. The SMILES string of the molecule is Cc1nc(C)c(CNC[C@@H]2CCO[C@H]2c2ccnn2C)s1. The van der Waals surface area contributed by atoms with Crippen LogP contribution in [0.4, 0.5) is 0 Å². The minimum atomic E-state index is 0.161. The molecule has 0 radical (unpaired) electrons. The van der Waals surface area contributed by atoms with Crippen LogP contribution >= 0.6 is 11.3 Å². The number of rotatable bonds is 5. The highest BCUT2D eigenvalue weighted by molar-refractivity contribution is 7.11. The molecule has 2 aromatic heterocycles. The van der Waals surface area contributed by atoms with Crippen molar-refractivity contribution in [3.63, 3.8) is 0 Å². The summed E-state index contributed by atoms with van der Waals surface area (Å²) in [5.74, 6) is 0.509. The van der Waals surface area contributed by atoms with Gasteiger partial charge in [-0.3, -0.25) is 4.68 Å². The lowest BCUT2D eigenvalue weighted by atomic mass is 9.99. The Morgan fingerprint density at radius 2 is 2.33 bits per heavy atom. The molecule has 3 heterocycles. The number of aryl methyl sites for hydroxylation is 3. The number of nitrogens with one attached hydrogen (secondary N) is 1. The predicted octanol–water partition coefficient (Wildman–Crippen LogP) is 2.36. The third-order valence-corrected chi connectivity index (χ3v) is 5.13. The zero-order chi connectivity index (χ0) is 14.8. The van der Waals surface area contributed by atoms with Crippen LogP contribution in [0.2, 0.25) is 0 Å². The molecule has 1 fully saturated rings. The number of nitrogens with zero attached hydrogens (tertiary/aromatic N) is 3. The van der Waals surface area contributed by atoms with Gasteiger partial charge in [0.1, 0.15) is 6.10 Å². The molecule has 2 atom stereocenters. The molecule has 0 bridgehead atoms. The van der Waals surface area contributed by atoms with Crippen molar-refractivity contribution in [3.8, 4) is 0 Å². The van der Waals surface area contributed by atoms with Crippen LogP contribution in [-0.4, -0.2) is 27.9 Å². The molecule has 21 heavy (non-hydrogen) atoms. The third kappa shape index (κ3) is 3.17. The second-order valence-corrected chi connectivity index (χ2v) is 6.88. The molecule has 1 aliphatic rings. The van der Waals surface area contributed by atoms with Crippen LogP contribution in [0.15, 0.2) is 12.3 Å². The first-order valence-electron chi connectivity index (χ1n) is 7.38. The Morgan fingerprint density at radius 3 is 3.00 bits per heavy atom. The summed E-state index contributed by atoms with van der Waals surface area (Å²) in [5, 5.41) is 8.96. The fraction of sp³-hybridized carbons (Fsp3) is 0.600. The van der Waals surface area contributed by atoms with E-state index < -0.39 is 0 Å². The van der Waals surface area contributed by atoms with E-state index in [1.807, 2.05) is 17.9 Å². The van der Waals surface area contributed by atoms with Crippen molar-refractivity contribution in [2.45, 2.75) is 32.9 Å². The highest BCUT2D eigenvalue weighted by Crippen LogP contribution is 2.33. The average Bonchev–Trinajstić information content (AvgIpc) is 3.12. The Balaban J connectivity index is 1.57. The van der Waals surface area contributed by atoms with Crippen molar-refractivity contribution >= 4 is 11.3 Å². The van der Waals surface area contributed by atoms with Crippen LogP contribution < -0.4 is 5.32 Å². The average molecular weight is 306 g/mol. The quantitative estimate of drug-likeness (QED) is 0.921. The Labute approximate surface area is 129 Å². The van der Waals surface area contributed by atoms with E-state index in [9.17, 15) is 0 Å². The molecule has 3 rings (SSSR count). The Kier molecular flexibility index (Phi) is 4.37. The molecule has 0 aromatic carbocycles. The van der Waals surface area contributed by atoms with Crippen molar-refractivity contribution in [1.29, 1.82) is 0 Å². The van der Waals surface area contributed by atoms with Crippen LogP contribution in [0.5, 0.6) is 0 Å². The molecule has 2 aromatic rings. The Bertz CT molecular complexity index is 607. The standard InChI is InChI=1S/C15H22N4OS/c1-10-14(21-11(2)18-10)9-16-8-12-5-7-20-15(12)13-4-6-17-19(13)3/h4,6,12,15-16H,5,7-9H2,1-3H3/t12-,15+/m0/s1. The molecule has 6 heteroatoms. The molecule has 0 amide bonds. The molecule has 114 valence electrons. The molecule has 0 aliphatic carbocycles. The second kappa shape index (κ2) is 6.25. The lowest BCUT2D eigenvalue weighted by Gasteiger charge is -2.19. The number of thiazole rings is 1. The van der Waals surface area contributed by atoms with Crippen LogP contribution in [0, 0.1) is 19.8 Å². The normalized spacial score (nSPS) is 22.0. The zero-order valence-electron chi connectivity index (χ0n) is 12.8. The van der Waals surface area contributed by atoms with E-state index in [0.717, 1.165) is 36.8 Å². The molecule has 0 unspecified atom stereocenters. The molecular formula is C15H22N4OS. The van der Waals surface area contributed by atoms with Crippen molar-refractivity contribution in [1.82, 2.24) is 20.1 Å². The van der Waals surface area contributed by atoms with Crippen LogP contribution in [0.1, 0.15) is 33.8 Å². The summed E-state index contributed by atoms with van der Waals surface area (Å²) in [5.41, 5.74) is 2.32. The highest BCUT2D eigenvalue weighted by atomic mass is 32.1. The van der Waals surface area contributed by atoms with Gasteiger partial charge in [0.05, 0.1) is 16.4 Å². The molecule has 0 spiro atoms. The summed E-state index contributed by atoms with van der Waals surface area (Å²) in [7, 11) is 1.98. The first-order valence-corrected chi connectivity index (χ1v) is 8.20. The zero-order valence-corrected chi connectivity index (χ0v) is 13.6. The van der Waals surface area contributed by atoms with Gasteiger partial charge < -0.3 is 10.1 Å². The number of hydrogen-bond donors (Lipinski definition) is 1. The van der Waals surface area contributed by atoms with E-state index in [0.29, 0.717) is 5.92 Å². The third-order valence-electron chi connectivity index (χ3n) is 4.06. The van der Waals surface area contributed by atoms with E-state index in [1.165, 1.54) is 10.6 Å². The van der Waals surface area contributed by atoms with E-state index in [1.54, 1.807) is 11.3 Å². The summed E-state index contributed by atoms with van der Waals surface area (Å²) >= 11 is 1.78. The van der Waals surface area contributed by atoms with Gasteiger partial charge in [-0.25, -0.2) is 4.98 Å². The van der Waals surface area contributed by atoms with Crippen LogP contribution in [0.25, 0.3) is 0 Å². The minimum Gasteiger partial charge on any atom is -0.372 e. The summed E-state index contributed by atoms with van der Waals surface area (Å²) in [6, 6.07) is 2.06. The summed E-state index contributed by atoms with van der Waals surface area (Å²) in [6.07, 6.45) is 3.10. The van der Waals surface area contributed by atoms with Crippen LogP contribution in [-0.2, 0) is 18.3 Å². The van der Waals surface area contributed by atoms with Gasteiger partial charge in [-0.05, 0) is 26.3 Å². The van der Waals surface area contributed by atoms with Gasteiger partial charge in [0, 0.05) is 43.7 Å². The van der Waals surface area contributed by atoms with E-state index in [-0.39, 0.29) is 6.10 Å². The van der Waals surface area contributed by atoms with Gasteiger partial charge in [0.25, 0.3) is 0 Å². The minimum absolute atomic E-state index is 0.161. The van der Waals surface area contributed by atoms with Crippen LogP contribution in [0.3, 0.4) is 0 Å². The summed E-state index contributed by atoms with van der Waals surface area (Å²) < 4.78 is 7.83. The number of hydrogen-bond acceptors (Lipinski definition) is 5. The largest absolute Gasteiger partial charge is 0.372 e. The maximum absolute atomic E-state index is 5.91.